The lowest BCUT2D eigenvalue weighted by atomic mass is 9.98. The molecular formula is C27H34FN5O2S. The summed E-state index contributed by atoms with van der Waals surface area (Å²) in [5.41, 5.74) is 1.49. The smallest absolute Gasteiger partial charge is 0.261 e. The number of carbonyl (C=O) groups is 1. The van der Waals surface area contributed by atoms with Crippen molar-refractivity contribution < 1.29 is 13.9 Å². The van der Waals surface area contributed by atoms with Crippen molar-refractivity contribution >= 4 is 39.0 Å². The lowest BCUT2D eigenvalue weighted by Gasteiger charge is -2.26. The van der Waals surface area contributed by atoms with Gasteiger partial charge in [0.15, 0.2) is 0 Å². The third-order valence-electron chi connectivity index (χ3n) is 7.14. The van der Waals surface area contributed by atoms with E-state index in [0.29, 0.717) is 28.7 Å². The van der Waals surface area contributed by atoms with Gasteiger partial charge in [-0.25, -0.2) is 14.4 Å². The Bertz CT molecular complexity index is 1200. The minimum atomic E-state index is -0.339. The Morgan fingerprint density at radius 2 is 1.92 bits per heavy atom. The number of aryl methyl sites for hydroxylation is 1. The van der Waals surface area contributed by atoms with Crippen LogP contribution in [-0.2, 0) is 0 Å². The van der Waals surface area contributed by atoms with Crippen molar-refractivity contribution in [3.63, 3.8) is 0 Å². The summed E-state index contributed by atoms with van der Waals surface area (Å²) in [6.45, 7) is 5.64. The molecule has 192 valence electrons. The van der Waals surface area contributed by atoms with Gasteiger partial charge in [-0.15, -0.1) is 11.3 Å². The molecule has 1 saturated carbocycles. The van der Waals surface area contributed by atoms with Crippen LogP contribution >= 0.6 is 11.3 Å². The van der Waals surface area contributed by atoms with Crippen LogP contribution in [0.2, 0.25) is 0 Å². The normalized spacial score (nSPS) is 17.3. The molecule has 0 radical (unpaired) electrons. The van der Waals surface area contributed by atoms with Crippen LogP contribution in [0.15, 0.2) is 24.5 Å². The van der Waals surface area contributed by atoms with Crippen LogP contribution in [0.4, 0.5) is 15.9 Å². The summed E-state index contributed by atoms with van der Waals surface area (Å²) in [6.07, 6.45) is 10.8. The van der Waals surface area contributed by atoms with Crippen LogP contribution in [0.5, 0.6) is 5.75 Å². The van der Waals surface area contributed by atoms with E-state index in [1.165, 1.54) is 55.5 Å². The molecule has 2 N–H and O–H groups in total. The average Bonchev–Trinajstić information content (AvgIpc) is 3.24. The number of ether oxygens (including phenoxy) is 1. The fourth-order valence-electron chi connectivity index (χ4n) is 5.16. The van der Waals surface area contributed by atoms with E-state index in [9.17, 15) is 9.18 Å². The van der Waals surface area contributed by atoms with Crippen molar-refractivity contribution in [2.75, 3.05) is 31.5 Å². The molecular weight excluding hydrogens is 477 g/mol. The number of hydrogen-bond acceptors (Lipinski definition) is 7. The Labute approximate surface area is 215 Å². The maximum atomic E-state index is 14.1. The summed E-state index contributed by atoms with van der Waals surface area (Å²) in [5.74, 6) is 0.648. The van der Waals surface area contributed by atoms with E-state index in [2.05, 4.69) is 25.5 Å². The zero-order valence-corrected chi connectivity index (χ0v) is 21.6. The minimum Gasteiger partial charge on any atom is -0.488 e. The maximum absolute atomic E-state index is 14.1. The van der Waals surface area contributed by atoms with Crippen molar-refractivity contribution in [3.05, 3.63) is 40.8 Å². The molecule has 0 bridgehead atoms. The van der Waals surface area contributed by atoms with E-state index in [4.69, 9.17) is 4.74 Å². The first-order valence-electron chi connectivity index (χ1n) is 13.1. The molecule has 2 aliphatic rings. The second-order valence-electron chi connectivity index (χ2n) is 9.76. The second kappa shape index (κ2) is 11.5. The van der Waals surface area contributed by atoms with Crippen molar-refractivity contribution in [3.8, 4) is 5.75 Å². The number of anilines is 2. The molecule has 0 atom stereocenters. The van der Waals surface area contributed by atoms with E-state index < -0.39 is 0 Å². The highest BCUT2D eigenvalue weighted by Crippen LogP contribution is 2.37. The van der Waals surface area contributed by atoms with Crippen LogP contribution in [0.1, 0.15) is 66.6 Å². The van der Waals surface area contributed by atoms with Gasteiger partial charge in [0.2, 0.25) is 0 Å². The summed E-state index contributed by atoms with van der Waals surface area (Å²) in [4.78, 5) is 25.7. The summed E-state index contributed by atoms with van der Waals surface area (Å²) in [5, 5.41) is 7.22. The van der Waals surface area contributed by atoms with Gasteiger partial charge >= 0.3 is 0 Å². The molecule has 7 nitrogen and oxygen atoms in total. The first-order chi connectivity index (χ1) is 17.6. The molecule has 1 amide bonds. The van der Waals surface area contributed by atoms with Gasteiger partial charge in [0, 0.05) is 19.2 Å². The number of piperidine rings is 1. The van der Waals surface area contributed by atoms with E-state index in [1.54, 1.807) is 6.07 Å². The molecule has 2 fully saturated rings. The number of nitrogens with one attached hydrogen (secondary N) is 2. The number of hydrogen-bond donors (Lipinski definition) is 2. The summed E-state index contributed by atoms with van der Waals surface area (Å²) in [6, 6.07) is 4.52. The fourth-order valence-corrected chi connectivity index (χ4v) is 6.23. The van der Waals surface area contributed by atoms with Gasteiger partial charge in [0.05, 0.1) is 22.1 Å². The summed E-state index contributed by atoms with van der Waals surface area (Å²) < 4.78 is 20.3. The molecule has 1 aliphatic heterocycles. The molecule has 9 heteroatoms. The van der Waals surface area contributed by atoms with Crippen molar-refractivity contribution in [1.29, 1.82) is 0 Å². The predicted molar refractivity (Wildman–Crippen MR) is 142 cm³/mol. The van der Waals surface area contributed by atoms with Gasteiger partial charge in [0.25, 0.3) is 5.91 Å². The molecule has 0 unspecified atom stereocenters. The van der Waals surface area contributed by atoms with Gasteiger partial charge < -0.3 is 20.3 Å². The predicted octanol–water partition coefficient (Wildman–Crippen LogP) is 5.81. The lowest BCUT2D eigenvalue weighted by Crippen LogP contribution is -2.37. The standard InChI is InChI=1S/C27H34FN5O2S/c1-18-23-25(32-21-11-10-19(28)16-22(21)35-20-8-4-2-5-9-20)30-17-31-27(23)36-24(18)26(34)29-12-15-33-13-6-3-7-14-33/h10-11,16-17,20H,2-9,12-15H2,1H3,(H,29,34)(H,30,31,32). The zero-order chi connectivity index (χ0) is 24.9. The average molecular weight is 512 g/mol. The lowest BCUT2D eigenvalue weighted by molar-refractivity contribution is 0.0950. The summed E-state index contributed by atoms with van der Waals surface area (Å²) in [7, 11) is 0. The molecule has 1 aliphatic carbocycles. The quantitative estimate of drug-likeness (QED) is 0.397. The van der Waals surface area contributed by atoms with E-state index in [1.807, 2.05) is 6.92 Å². The molecule has 0 spiro atoms. The molecule has 36 heavy (non-hydrogen) atoms. The van der Waals surface area contributed by atoms with Crippen molar-refractivity contribution in [2.24, 2.45) is 0 Å². The Balaban J connectivity index is 1.33. The third kappa shape index (κ3) is 5.78. The number of rotatable bonds is 8. The summed E-state index contributed by atoms with van der Waals surface area (Å²) >= 11 is 1.37. The number of amides is 1. The largest absolute Gasteiger partial charge is 0.488 e. The molecule has 3 aromatic rings. The highest BCUT2D eigenvalue weighted by molar-refractivity contribution is 7.20. The van der Waals surface area contributed by atoms with Crippen molar-refractivity contribution in [2.45, 2.75) is 64.4 Å². The number of thiophene rings is 1. The second-order valence-corrected chi connectivity index (χ2v) is 10.8. The van der Waals surface area contributed by atoms with E-state index in [-0.39, 0.29) is 17.8 Å². The Hall–Kier alpha value is -2.78. The van der Waals surface area contributed by atoms with Crippen LogP contribution in [0.25, 0.3) is 10.2 Å². The van der Waals surface area contributed by atoms with Crippen molar-refractivity contribution in [1.82, 2.24) is 20.2 Å². The minimum absolute atomic E-state index is 0.0819. The maximum Gasteiger partial charge on any atom is 0.261 e. The van der Waals surface area contributed by atoms with E-state index in [0.717, 1.165) is 61.1 Å². The zero-order valence-electron chi connectivity index (χ0n) is 20.8. The highest BCUT2D eigenvalue weighted by Gasteiger charge is 2.22. The van der Waals surface area contributed by atoms with Crippen LogP contribution in [-0.4, -0.2) is 53.1 Å². The van der Waals surface area contributed by atoms with Gasteiger partial charge in [-0.1, -0.05) is 12.8 Å². The van der Waals surface area contributed by atoms with Crippen LogP contribution in [0, 0.1) is 12.7 Å². The Morgan fingerprint density at radius 3 is 2.72 bits per heavy atom. The topological polar surface area (TPSA) is 79.4 Å². The Morgan fingerprint density at radius 1 is 1.14 bits per heavy atom. The Kier molecular flexibility index (Phi) is 7.96. The molecule has 1 aromatic carbocycles. The molecule has 3 heterocycles. The van der Waals surface area contributed by atoms with Crippen LogP contribution in [0.3, 0.4) is 0 Å². The van der Waals surface area contributed by atoms with E-state index >= 15 is 0 Å². The molecule has 2 aromatic heterocycles. The first kappa shape index (κ1) is 24.9. The number of fused-ring (bicyclic) bond motifs is 1. The fraction of sp³-hybridized carbons (Fsp3) is 0.519. The number of likely N-dealkylation sites (tertiary alicyclic amines) is 1. The number of carbonyl (C=O) groups excluding carboxylic acids is 1. The van der Waals surface area contributed by atoms with Crippen LogP contribution < -0.4 is 15.4 Å². The monoisotopic (exact) mass is 511 g/mol. The highest BCUT2D eigenvalue weighted by atomic mass is 32.1. The number of halogens is 1. The number of aromatic nitrogens is 2. The molecule has 1 saturated heterocycles. The first-order valence-corrected chi connectivity index (χ1v) is 13.9. The van der Waals surface area contributed by atoms with Gasteiger partial charge in [0.1, 0.15) is 28.5 Å². The van der Waals surface area contributed by atoms with Gasteiger partial charge in [-0.2, -0.15) is 0 Å². The van der Waals surface area contributed by atoms with Gasteiger partial charge in [-0.05, 0) is 76.2 Å². The number of benzene rings is 1. The number of nitrogens with zero attached hydrogens (tertiary/aromatic N) is 3. The third-order valence-corrected chi connectivity index (χ3v) is 8.34. The SMILES string of the molecule is Cc1c(C(=O)NCCN2CCCCC2)sc2ncnc(Nc3ccc(F)cc3OC3CCCCC3)c12. The van der Waals surface area contributed by atoms with Gasteiger partial charge in [-0.3, -0.25) is 4.79 Å². The molecule has 5 rings (SSSR count).